The molecule has 2 aromatic rings. The summed E-state index contributed by atoms with van der Waals surface area (Å²) >= 11 is 0. The number of methoxy groups -OCH3 is 1. The van der Waals surface area contributed by atoms with Crippen molar-refractivity contribution in [1.29, 1.82) is 0 Å². The van der Waals surface area contributed by atoms with Gasteiger partial charge in [0.05, 0.1) is 17.7 Å². The van der Waals surface area contributed by atoms with Crippen LogP contribution in [0.1, 0.15) is 26.3 Å². The van der Waals surface area contributed by atoms with Crippen molar-refractivity contribution in [2.45, 2.75) is 6.42 Å². The molecule has 2 heterocycles. The quantitative estimate of drug-likeness (QED) is 0.728. The predicted octanol–water partition coefficient (Wildman–Crippen LogP) is 1.17. The van der Waals surface area contributed by atoms with Gasteiger partial charge >= 0.3 is 0 Å². The molecule has 7 heteroatoms. The van der Waals surface area contributed by atoms with Crippen molar-refractivity contribution in [1.82, 2.24) is 20.2 Å². The molecule has 2 aromatic heterocycles. The van der Waals surface area contributed by atoms with Crippen LogP contribution in [0.5, 0.6) is 0 Å². The maximum absolute atomic E-state index is 12.5. The molecule has 2 rings (SSSR count). The molecular weight excluding hydrogens is 320 g/mol. The summed E-state index contributed by atoms with van der Waals surface area (Å²) in [5.41, 5.74) is 1.85. The second-order valence-corrected chi connectivity index (χ2v) is 5.54. The Morgan fingerprint density at radius 3 is 2.60 bits per heavy atom. The maximum atomic E-state index is 12.5. The highest BCUT2D eigenvalue weighted by Gasteiger charge is 2.14. The number of amides is 2. The summed E-state index contributed by atoms with van der Waals surface area (Å²) in [5.74, 6) is -0.452. The first-order valence-corrected chi connectivity index (χ1v) is 7.98. The number of hydrogen-bond donors (Lipinski definition) is 1. The summed E-state index contributed by atoms with van der Waals surface area (Å²) in [6.45, 7) is 1.39. The molecule has 0 fully saturated rings. The SMILES string of the molecule is COCCNC(=O)c1cncc(C(=O)N(C)CCc2ccncc2)c1. The van der Waals surface area contributed by atoms with Gasteiger partial charge in [0.15, 0.2) is 0 Å². The Balaban J connectivity index is 1.96. The Morgan fingerprint density at radius 2 is 1.88 bits per heavy atom. The molecule has 1 N–H and O–H groups in total. The third-order valence-electron chi connectivity index (χ3n) is 3.67. The molecule has 0 aliphatic carbocycles. The lowest BCUT2D eigenvalue weighted by atomic mass is 10.1. The van der Waals surface area contributed by atoms with E-state index in [0.717, 1.165) is 12.0 Å². The zero-order valence-corrected chi connectivity index (χ0v) is 14.4. The van der Waals surface area contributed by atoms with Gasteiger partial charge in [0, 0.05) is 52.0 Å². The first-order chi connectivity index (χ1) is 12.1. The van der Waals surface area contributed by atoms with Crippen LogP contribution in [0.15, 0.2) is 43.0 Å². The Hall–Kier alpha value is -2.80. The van der Waals surface area contributed by atoms with E-state index in [-0.39, 0.29) is 11.8 Å². The molecule has 0 aromatic carbocycles. The van der Waals surface area contributed by atoms with Gasteiger partial charge in [-0.25, -0.2) is 0 Å². The van der Waals surface area contributed by atoms with Gasteiger partial charge in [-0.3, -0.25) is 19.6 Å². The molecule has 7 nitrogen and oxygen atoms in total. The normalized spacial score (nSPS) is 10.3. The Morgan fingerprint density at radius 1 is 1.16 bits per heavy atom. The van der Waals surface area contributed by atoms with Crippen molar-refractivity contribution in [3.8, 4) is 0 Å². The highest BCUT2D eigenvalue weighted by Crippen LogP contribution is 2.07. The van der Waals surface area contributed by atoms with Crippen molar-refractivity contribution in [3.63, 3.8) is 0 Å². The first-order valence-electron chi connectivity index (χ1n) is 7.98. The number of pyridine rings is 2. The lowest BCUT2D eigenvalue weighted by Gasteiger charge is -2.17. The molecule has 2 amide bonds. The van der Waals surface area contributed by atoms with E-state index in [1.54, 1.807) is 37.5 Å². The van der Waals surface area contributed by atoms with Crippen LogP contribution >= 0.6 is 0 Å². The molecule has 0 saturated carbocycles. The van der Waals surface area contributed by atoms with E-state index in [2.05, 4.69) is 15.3 Å². The number of rotatable bonds is 8. The molecule has 0 aliphatic heterocycles. The third kappa shape index (κ3) is 5.65. The third-order valence-corrected chi connectivity index (χ3v) is 3.67. The van der Waals surface area contributed by atoms with Crippen LogP contribution in [-0.4, -0.2) is 60.5 Å². The number of aromatic nitrogens is 2. The minimum absolute atomic E-state index is 0.173. The van der Waals surface area contributed by atoms with E-state index >= 15 is 0 Å². The minimum Gasteiger partial charge on any atom is -0.383 e. The Labute approximate surface area is 147 Å². The summed E-state index contributed by atoms with van der Waals surface area (Å²) in [6, 6.07) is 5.40. The summed E-state index contributed by atoms with van der Waals surface area (Å²) in [6.07, 6.45) is 7.10. The maximum Gasteiger partial charge on any atom is 0.255 e. The van der Waals surface area contributed by atoms with Crippen LogP contribution in [-0.2, 0) is 11.2 Å². The monoisotopic (exact) mass is 342 g/mol. The highest BCUT2D eigenvalue weighted by molar-refractivity contribution is 5.99. The van der Waals surface area contributed by atoms with Crippen molar-refractivity contribution in [3.05, 3.63) is 59.7 Å². The van der Waals surface area contributed by atoms with Crippen LogP contribution in [0.2, 0.25) is 0 Å². The van der Waals surface area contributed by atoms with Gasteiger partial charge in [0.1, 0.15) is 0 Å². The van der Waals surface area contributed by atoms with Gasteiger partial charge in [0.25, 0.3) is 11.8 Å². The van der Waals surface area contributed by atoms with E-state index in [9.17, 15) is 9.59 Å². The summed E-state index contributed by atoms with van der Waals surface area (Å²) in [5, 5.41) is 2.71. The van der Waals surface area contributed by atoms with Crippen LogP contribution < -0.4 is 5.32 Å². The average molecular weight is 342 g/mol. The van der Waals surface area contributed by atoms with Crippen LogP contribution in [0.25, 0.3) is 0 Å². The molecule has 0 unspecified atom stereocenters. The number of likely N-dealkylation sites (N-methyl/N-ethyl adjacent to an activating group) is 1. The molecule has 0 spiro atoms. The van der Waals surface area contributed by atoms with Crippen LogP contribution in [0.4, 0.5) is 0 Å². The van der Waals surface area contributed by atoms with Gasteiger partial charge < -0.3 is 15.0 Å². The molecule has 0 radical (unpaired) electrons. The van der Waals surface area contributed by atoms with Gasteiger partial charge in [-0.2, -0.15) is 0 Å². The van der Waals surface area contributed by atoms with E-state index in [1.165, 1.54) is 12.4 Å². The summed E-state index contributed by atoms with van der Waals surface area (Å²) in [4.78, 5) is 34.2. The van der Waals surface area contributed by atoms with Gasteiger partial charge in [0.2, 0.25) is 0 Å². The molecule has 0 bridgehead atoms. The van der Waals surface area contributed by atoms with Crippen molar-refractivity contribution in [2.75, 3.05) is 33.9 Å². The fourth-order valence-corrected chi connectivity index (χ4v) is 2.22. The number of carbonyl (C=O) groups is 2. The Bertz CT molecular complexity index is 706. The predicted molar refractivity (Wildman–Crippen MR) is 93.3 cm³/mol. The number of carbonyl (C=O) groups excluding carboxylic acids is 2. The fourth-order valence-electron chi connectivity index (χ4n) is 2.22. The van der Waals surface area contributed by atoms with Gasteiger partial charge in [-0.05, 0) is 30.2 Å². The molecule has 25 heavy (non-hydrogen) atoms. The average Bonchev–Trinajstić information content (AvgIpc) is 2.66. The van der Waals surface area contributed by atoms with Crippen molar-refractivity contribution >= 4 is 11.8 Å². The minimum atomic E-state index is -0.279. The lowest BCUT2D eigenvalue weighted by molar-refractivity contribution is 0.0796. The number of nitrogens with one attached hydrogen (secondary N) is 1. The number of hydrogen-bond acceptors (Lipinski definition) is 5. The smallest absolute Gasteiger partial charge is 0.255 e. The largest absolute Gasteiger partial charge is 0.383 e. The van der Waals surface area contributed by atoms with Gasteiger partial charge in [-0.15, -0.1) is 0 Å². The highest BCUT2D eigenvalue weighted by atomic mass is 16.5. The molecule has 0 aliphatic rings. The van der Waals surface area contributed by atoms with Crippen molar-refractivity contribution < 1.29 is 14.3 Å². The number of ether oxygens (including phenoxy) is 1. The number of nitrogens with zero attached hydrogens (tertiary/aromatic N) is 3. The van der Waals surface area contributed by atoms with E-state index in [0.29, 0.717) is 30.8 Å². The fraction of sp³-hybridized carbons (Fsp3) is 0.333. The zero-order chi connectivity index (χ0) is 18.1. The van der Waals surface area contributed by atoms with Crippen LogP contribution in [0, 0.1) is 0 Å². The van der Waals surface area contributed by atoms with E-state index in [1.807, 2.05) is 12.1 Å². The first kappa shape index (κ1) is 18.5. The molecular formula is C18H22N4O3. The van der Waals surface area contributed by atoms with E-state index < -0.39 is 0 Å². The lowest BCUT2D eigenvalue weighted by Crippen LogP contribution is -2.30. The summed E-state index contributed by atoms with van der Waals surface area (Å²) < 4.78 is 4.89. The van der Waals surface area contributed by atoms with Crippen LogP contribution in [0.3, 0.4) is 0 Å². The topological polar surface area (TPSA) is 84.4 Å². The second kappa shape index (κ2) is 9.48. The van der Waals surface area contributed by atoms with E-state index in [4.69, 9.17) is 4.74 Å². The Kier molecular flexibility index (Phi) is 7.03. The molecule has 0 atom stereocenters. The summed E-state index contributed by atoms with van der Waals surface area (Å²) in [7, 11) is 3.30. The molecule has 132 valence electrons. The van der Waals surface area contributed by atoms with Gasteiger partial charge in [-0.1, -0.05) is 0 Å². The zero-order valence-electron chi connectivity index (χ0n) is 14.4. The second-order valence-electron chi connectivity index (χ2n) is 5.54. The van der Waals surface area contributed by atoms with Crippen molar-refractivity contribution in [2.24, 2.45) is 0 Å². The standard InChI is InChI=1S/C18H22N4O3/c1-22(9-5-14-3-6-19-7-4-14)18(24)16-11-15(12-20-13-16)17(23)21-8-10-25-2/h3-4,6-7,11-13H,5,8-10H2,1-2H3,(H,21,23). The molecule has 0 saturated heterocycles.